The Kier molecular flexibility index (Phi) is 6.17. The molecule has 0 aliphatic heterocycles. The second kappa shape index (κ2) is 11.2. The lowest BCUT2D eigenvalue weighted by atomic mass is 9.65. The van der Waals surface area contributed by atoms with Crippen LogP contribution in [0.1, 0.15) is 22.3 Å². The minimum absolute atomic E-state index is 0.601. The summed E-state index contributed by atoms with van der Waals surface area (Å²) in [5, 5.41) is 3.68. The first-order valence-corrected chi connectivity index (χ1v) is 19.3. The molecule has 0 amide bonds. The summed E-state index contributed by atoms with van der Waals surface area (Å²) in [7, 11) is 0. The molecule has 0 fully saturated rings. The van der Waals surface area contributed by atoms with Crippen LogP contribution in [0.5, 0.6) is 0 Å². The first kappa shape index (κ1) is 29.9. The lowest BCUT2D eigenvalue weighted by molar-refractivity contribution is 0.776. The number of fused-ring (bicyclic) bond motifs is 17. The van der Waals surface area contributed by atoms with E-state index in [1.807, 2.05) is 11.3 Å². The van der Waals surface area contributed by atoms with E-state index >= 15 is 0 Å². The Bertz CT molecular complexity index is 3180. The summed E-state index contributed by atoms with van der Waals surface area (Å²) in [6.45, 7) is 0. The third-order valence-electron chi connectivity index (χ3n) is 11.7. The third-order valence-corrected chi connectivity index (χ3v) is 12.9. The quantitative estimate of drug-likeness (QED) is 0.179. The predicted molar refractivity (Wildman–Crippen MR) is 225 cm³/mol. The van der Waals surface area contributed by atoms with Crippen molar-refractivity contribution in [2.24, 2.45) is 0 Å². The molecule has 250 valence electrons. The van der Waals surface area contributed by atoms with Gasteiger partial charge in [-0.2, -0.15) is 0 Å². The summed E-state index contributed by atoms with van der Waals surface area (Å²) < 4.78 is 2.67. The van der Waals surface area contributed by atoms with E-state index in [0.29, 0.717) is 0 Å². The molecule has 1 unspecified atom stereocenters. The maximum Gasteiger partial charge on any atom is 0.160 e. The maximum atomic E-state index is 5.36. The SMILES string of the molecule is c1ccc(-c2nc(-c3ccc4c(c3)C3(c5ccccc5-c5ccccc5-4)c4ccccc4-c4c3ccc3c4sc4ccccc43)nc3ccccc23)cc1. The lowest BCUT2D eigenvalue weighted by Crippen LogP contribution is -2.29. The Morgan fingerprint density at radius 3 is 1.83 bits per heavy atom. The van der Waals surface area contributed by atoms with Gasteiger partial charge in [0.05, 0.1) is 16.6 Å². The fraction of sp³-hybridized carbons (Fsp3) is 0.0196. The van der Waals surface area contributed by atoms with Crippen molar-refractivity contribution >= 4 is 42.4 Å². The molecule has 1 spiro atoms. The van der Waals surface area contributed by atoms with Gasteiger partial charge in [0, 0.05) is 42.2 Å². The number of nitrogens with zero attached hydrogens (tertiary/aromatic N) is 2. The van der Waals surface area contributed by atoms with Crippen molar-refractivity contribution in [3.8, 4) is 56.0 Å². The zero-order chi connectivity index (χ0) is 35.4. The zero-order valence-corrected chi connectivity index (χ0v) is 29.9. The third kappa shape index (κ3) is 3.94. The first-order valence-electron chi connectivity index (χ1n) is 18.5. The van der Waals surface area contributed by atoms with Crippen LogP contribution in [0.2, 0.25) is 0 Å². The normalized spacial score (nSPS) is 15.1. The Hall–Kier alpha value is -6.68. The van der Waals surface area contributed by atoms with Crippen molar-refractivity contribution in [1.82, 2.24) is 9.97 Å². The number of para-hydroxylation sites is 1. The topological polar surface area (TPSA) is 25.8 Å². The number of hydrogen-bond donors (Lipinski definition) is 0. The van der Waals surface area contributed by atoms with Gasteiger partial charge in [0.15, 0.2) is 5.82 Å². The molecular formula is C51H30N2S. The molecule has 2 nitrogen and oxygen atoms in total. The predicted octanol–water partition coefficient (Wildman–Crippen LogP) is 13.3. The molecule has 2 heterocycles. The fourth-order valence-electron chi connectivity index (χ4n) is 9.52. The summed E-state index contributed by atoms with van der Waals surface area (Å²) in [6, 6.07) is 66.6. The summed E-state index contributed by atoms with van der Waals surface area (Å²) in [4.78, 5) is 10.6. The van der Waals surface area contributed by atoms with Crippen molar-refractivity contribution in [3.05, 3.63) is 204 Å². The van der Waals surface area contributed by atoms with Crippen LogP contribution in [0.15, 0.2) is 182 Å². The minimum atomic E-state index is -0.601. The van der Waals surface area contributed by atoms with E-state index in [1.54, 1.807) is 0 Å². The van der Waals surface area contributed by atoms with Crippen molar-refractivity contribution < 1.29 is 0 Å². The van der Waals surface area contributed by atoms with Gasteiger partial charge >= 0.3 is 0 Å². The van der Waals surface area contributed by atoms with E-state index in [9.17, 15) is 0 Å². The van der Waals surface area contributed by atoms with E-state index in [1.165, 1.54) is 75.8 Å². The highest BCUT2D eigenvalue weighted by molar-refractivity contribution is 7.26. The summed E-state index contributed by atoms with van der Waals surface area (Å²) in [5.41, 5.74) is 16.2. The second-order valence-corrected chi connectivity index (χ2v) is 15.4. The average molecular weight is 703 g/mol. The molecule has 10 aromatic rings. The molecule has 3 heteroatoms. The standard InChI is InChI=1S/C51H30N2S/c1-2-14-31(15-3-1)48-40-21-8-12-24-45(40)52-50(53-48)32-26-27-36-34-17-5-4-16-33(34)35-18-6-10-22-41(35)51(44(36)30-32)42-23-11-7-20-39(42)47-43(51)29-28-38-37-19-9-13-25-46(37)54-49(38)47/h1-30H. The minimum Gasteiger partial charge on any atom is -0.228 e. The largest absolute Gasteiger partial charge is 0.228 e. The van der Waals surface area contributed by atoms with Gasteiger partial charge in [0.1, 0.15) is 0 Å². The Labute approximate surface area is 316 Å². The molecule has 2 aliphatic rings. The molecule has 0 saturated heterocycles. The molecule has 2 aliphatic carbocycles. The van der Waals surface area contributed by atoms with Crippen molar-refractivity contribution in [3.63, 3.8) is 0 Å². The van der Waals surface area contributed by atoms with Crippen molar-refractivity contribution in [2.75, 3.05) is 0 Å². The molecule has 0 bridgehead atoms. The van der Waals surface area contributed by atoms with Crippen LogP contribution in [0.25, 0.3) is 87.1 Å². The molecule has 0 saturated carbocycles. The highest BCUT2D eigenvalue weighted by atomic mass is 32.1. The van der Waals surface area contributed by atoms with Gasteiger partial charge in [-0.05, 0) is 68.3 Å². The summed E-state index contributed by atoms with van der Waals surface area (Å²) in [6.07, 6.45) is 0. The van der Waals surface area contributed by atoms with E-state index in [2.05, 4.69) is 182 Å². The molecule has 0 radical (unpaired) electrons. The molecular weight excluding hydrogens is 673 g/mol. The maximum absolute atomic E-state index is 5.36. The molecule has 8 aromatic carbocycles. The van der Waals surface area contributed by atoms with Crippen molar-refractivity contribution in [2.45, 2.75) is 5.41 Å². The monoisotopic (exact) mass is 702 g/mol. The smallest absolute Gasteiger partial charge is 0.160 e. The number of rotatable bonds is 2. The molecule has 54 heavy (non-hydrogen) atoms. The summed E-state index contributed by atoms with van der Waals surface area (Å²) >= 11 is 1.91. The highest BCUT2D eigenvalue weighted by Crippen LogP contribution is 2.63. The van der Waals surface area contributed by atoms with Crippen LogP contribution in [-0.2, 0) is 5.41 Å². The van der Waals surface area contributed by atoms with Crippen LogP contribution >= 0.6 is 11.3 Å². The van der Waals surface area contributed by atoms with Gasteiger partial charge in [-0.3, -0.25) is 0 Å². The van der Waals surface area contributed by atoms with Crippen LogP contribution < -0.4 is 0 Å². The molecule has 1 atom stereocenters. The zero-order valence-electron chi connectivity index (χ0n) is 29.1. The van der Waals surface area contributed by atoms with Crippen LogP contribution in [0.4, 0.5) is 0 Å². The second-order valence-electron chi connectivity index (χ2n) is 14.4. The van der Waals surface area contributed by atoms with Gasteiger partial charge in [-0.1, -0.05) is 164 Å². The Balaban J connectivity index is 1.23. The highest BCUT2D eigenvalue weighted by Gasteiger charge is 2.50. The molecule has 0 N–H and O–H groups in total. The molecule has 2 aromatic heterocycles. The summed E-state index contributed by atoms with van der Waals surface area (Å²) in [5.74, 6) is 0.725. The van der Waals surface area contributed by atoms with E-state index in [0.717, 1.165) is 33.5 Å². The lowest BCUT2D eigenvalue weighted by Gasteiger charge is -2.35. The number of thiophene rings is 1. The van der Waals surface area contributed by atoms with E-state index in [-0.39, 0.29) is 0 Å². The van der Waals surface area contributed by atoms with Crippen LogP contribution in [0.3, 0.4) is 0 Å². The van der Waals surface area contributed by atoms with E-state index in [4.69, 9.17) is 9.97 Å². The van der Waals surface area contributed by atoms with Gasteiger partial charge in [-0.25, -0.2) is 9.97 Å². The number of aromatic nitrogens is 2. The van der Waals surface area contributed by atoms with Gasteiger partial charge in [0.25, 0.3) is 0 Å². The molecule has 12 rings (SSSR count). The number of benzene rings is 8. The Morgan fingerprint density at radius 2 is 1.02 bits per heavy atom. The first-order chi connectivity index (χ1) is 26.8. The number of hydrogen-bond acceptors (Lipinski definition) is 3. The van der Waals surface area contributed by atoms with Crippen LogP contribution in [-0.4, -0.2) is 9.97 Å². The van der Waals surface area contributed by atoms with Gasteiger partial charge in [-0.15, -0.1) is 11.3 Å². The Morgan fingerprint density at radius 1 is 0.389 bits per heavy atom. The van der Waals surface area contributed by atoms with Crippen LogP contribution in [0, 0.1) is 0 Å². The van der Waals surface area contributed by atoms with Crippen molar-refractivity contribution in [1.29, 1.82) is 0 Å². The average Bonchev–Trinajstić information content (AvgIpc) is 3.74. The van der Waals surface area contributed by atoms with E-state index < -0.39 is 5.41 Å². The van der Waals surface area contributed by atoms with Gasteiger partial charge < -0.3 is 0 Å². The van der Waals surface area contributed by atoms with Gasteiger partial charge in [0.2, 0.25) is 0 Å². The fourth-order valence-corrected chi connectivity index (χ4v) is 10.8.